The molecule has 38 heavy (non-hydrogen) atoms. The summed E-state index contributed by atoms with van der Waals surface area (Å²) in [6.07, 6.45) is 5.10. The van der Waals surface area contributed by atoms with E-state index in [2.05, 4.69) is 18.7 Å². The first kappa shape index (κ1) is 28.8. The Morgan fingerprint density at radius 2 is 1.66 bits per heavy atom. The average Bonchev–Trinajstić information content (AvgIpc) is 3.18. The Bertz CT molecular complexity index is 1150. The SMILES string of the molecule is CCCCN(CCCC)CCCN1C(=O)C(=O)/C(=C(\O)c2ccc([N+](=O)[O-])cc2)C1c1cccc(OC)c1. The Morgan fingerprint density at radius 1 is 1.03 bits per heavy atom. The number of carbonyl (C=O) groups excluding carboxylic acids is 2. The molecule has 1 fully saturated rings. The number of methoxy groups -OCH3 is 1. The number of ketones is 1. The van der Waals surface area contributed by atoms with E-state index in [4.69, 9.17) is 4.74 Å². The summed E-state index contributed by atoms with van der Waals surface area (Å²) in [6.45, 7) is 7.46. The molecule has 1 amide bonds. The number of amides is 1. The largest absolute Gasteiger partial charge is 0.507 e. The highest BCUT2D eigenvalue weighted by Gasteiger charge is 2.46. The zero-order valence-corrected chi connectivity index (χ0v) is 22.4. The third-order valence-electron chi connectivity index (χ3n) is 6.83. The highest BCUT2D eigenvalue weighted by Crippen LogP contribution is 2.40. The summed E-state index contributed by atoms with van der Waals surface area (Å²) in [5, 5.41) is 22.2. The van der Waals surface area contributed by atoms with Gasteiger partial charge in [0.1, 0.15) is 11.5 Å². The van der Waals surface area contributed by atoms with Crippen LogP contribution in [0.15, 0.2) is 54.1 Å². The smallest absolute Gasteiger partial charge is 0.295 e. The number of hydrogen-bond acceptors (Lipinski definition) is 7. The Balaban J connectivity index is 1.95. The number of rotatable bonds is 14. The van der Waals surface area contributed by atoms with Crippen molar-refractivity contribution in [3.05, 3.63) is 75.3 Å². The molecule has 9 nitrogen and oxygen atoms in total. The summed E-state index contributed by atoms with van der Waals surface area (Å²) in [7, 11) is 1.54. The fraction of sp³-hybridized carbons (Fsp3) is 0.448. The van der Waals surface area contributed by atoms with Crippen LogP contribution in [-0.4, -0.2) is 64.8 Å². The second-order valence-electron chi connectivity index (χ2n) is 9.48. The van der Waals surface area contributed by atoms with Gasteiger partial charge in [0, 0.05) is 24.2 Å². The number of hydrogen-bond donors (Lipinski definition) is 1. The van der Waals surface area contributed by atoms with Gasteiger partial charge in [-0.3, -0.25) is 19.7 Å². The van der Waals surface area contributed by atoms with E-state index in [1.807, 2.05) is 0 Å². The van der Waals surface area contributed by atoms with Crippen LogP contribution in [0.4, 0.5) is 5.69 Å². The van der Waals surface area contributed by atoms with Gasteiger partial charge >= 0.3 is 0 Å². The molecule has 1 unspecified atom stereocenters. The van der Waals surface area contributed by atoms with Crippen molar-refractivity contribution in [2.45, 2.75) is 52.0 Å². The molecule has 2 aromatic rings. The standard InChI is InChI=1S/C29H37N3O6/c1-4-6-16-30(17-7-5-2)18-9-19-31-26(22-10-8-11-24(20-22)38-3)25(28(34)29(31)35)27(33)21-12-14-23(15-13-21)32(36)37/h8,10-15,20,26,33H,4-7,9,16-19H2,1-3H3/b27-25-. The lowest BCUT2D eigenvalue weighted by Crippen LogP contribution is -2.34. The minimum absolute atomic E-state index is 0.0362. The van der Waals surface area contributed by atoms with Crippen molar-refractivity contribution in [2.75, 3.05) is 33.3 Å². The van der Waals surface area contributed by atoms with Crippen LogP contribution in [0.25, 0.3) is 5.76 Å². The number of non-ortho nitro benzene ring substituents is 1. The van der Waals surface area contributed by atoms with Crippen LogP contribution in [-0.2, 0) is 9.59 Å². The number of benzene rings is 2. The van der Waals surface area contributed by atoms with Gasteiger partial charge in [0.05, 0.1) is 23.6 Å². The molecule has 0 saturated carbocycles. The summed E-state index contributed by atoms with van der Waals surface area (Å²) < 4.78 is 5.37. The van der Waals surface area contributed by atoms with Crippen LogP contribution >= 0.6 is 0 Å². The number of nitro groups is 1. The van der Waals surface area contributed by atoms with Crippen molar-refractivity contribution in [3.63, 3.8) is 0 Å². The van der Waals surface area contributed by atoms with Crippen molar-refractivity contribution >= 4 is 23.1 Å². The van der Waals surface area contributed by atoms with Crippen LogP contribution in [0.3, 0.4) is 0 Å². The molecule has 0 radical (unpaired) electrons. The third kappa shape index (κ3) is 6.77. The Kier molecular flexibility index (Phi) is 10.4. The zero-order chi connectivity index (χ0) is 27.7. The van der Waals surface area contributed by atoms with Gasteiger partial charge in [-0.25, -0.2) is 0 Å². The first-order valence-corrected chi connectivity index (χ1v) is 13.2. The lowest BCUT2D eigenvalue weighted by Gasteiger charge is -2.27. The molecule has 0 spiro atoms. The summed E-state index contributed by atoms with van der Waals surface area (Å²) in [5.74, 6) is -1.24. The molecule has 1 heterocycles. The summed E-state index contributed by atoms with van der Waals surface area (Å²) >= 11 is 0. The van der Waals surface area contributed by atoms with Crippen LogP contribution in [0.2, 0.25) is 0 Å². The van der Waals surface area contributed by atoms with Gasteiger partial charge in [0.2, 0.25) is 0 Å². The predicted molar refractivity (Wildman–Crippen MR) is 146 cm³/mol. The summed E-state index contributed by atoms with van der Waals surface area (Å²) in [4.78, 5) is 40.9. The summed E-state index contributed by atoms with van der Waals surface area (Å²) in [5.41, 5.74) is 0.695. The lowest BCUT2D eigenvalue weighted by atomic mass is 9.95. The monoisotopic (exact) mass is 523 g/mol. The van der Waals surface area contributed by atoms with Gasteiger partial charge in [0.25, 0.3) is 17.4 Å². The predicted octanol–water partition coefficient (Wildman–Crippen LogP) is 5.32. The first-order valence-electron chi connectivity index (χ1n) is 13.2. The number of aliphatic hydroxyl groups excluding tert-OH is 1. The van der Waals surface area contributed by atoms with E-state index in [0.29, 0.717) is 24.3 Å². The van der Waals surface area contributed by atoms with Crippen LogP contribution in [0.5, 0.6) is 5.75 Å². The Labute approximate surface area is 223 Å². The lowest BCUT2D eigenvalue weighted by molar-refractivity contribution is -0.384. The van der Waals surface area contributed by atoms with Crippen molar-refractivity contribution in [3.8, 4) is 5.75 Å². The number of carbonyl (C=O) groups is 2. The van der Waals surface area contributed by atoms with E-state index < -0.39 is 22.7 Å². The maximum Gasteiger partial charge on any atom is 0.295 e. The molecule has 0 aromatic heterocycles. The fourth-order valence-corrected chi connectivity index (χ4v) is 4.73. The molecule has 1 saturated heterocycles. The Morgan fingerprint density at radius 3 is 2.24 bits per heavy atom. The maximum absolute atomic E-state index is 13.3. The van der Waals surface area contributed by atoms with Crippen LogP contribution in [0.1, 0.15) is 63.1 Å². The molecule has 2 aromatic carbocycles. The fourth-order valence-electron chi connectivity index (χ4n) is 4.73. The second kappa shape index (κ2) is 13.7. The van der Waals surface area contributed by atoms with Crippen LogP contribution < -0.4 is 4.74 Å². The number of Topliss-reactive ketones (excluding diaryl/α,β-unsaturated/α-hetero) is 1. The molecule has 9 heteroatoms. The van der Waals surface area contributed by atoms with Crippen molar-refractivity contribution in [1.29, 1.82) is 0 Å². The molecule has 1 N–H and O–H groups in total. The van der Waals surface area contributed by atoms with Gasteiger partial charge in [-0.05, 0) is 68.7 Å². The number of unbranched alkanes of at least 4 members (excludes halogenated alkanes) is 2. The van der Waals surface area contributed by atoms with E-state index in [1.165, 1.54) is 36.3 Å². The molecular formula is C29H37N3O6. The number of nitrogens with zero attached hydrogens (tertiary/aromatic N) is 3. The normalized spacial score (nSPS) is 16.8. The minimum atomic E-state index is -0.806. The van der Waals surface area contributed by atoms with Gasteiger partial charge in [-0.15, -0.1) is 0 Å². The molecule has 1 aliphatic rings. The van der Waals surface area contributed by atoms with Gasteiger partial charge in [0.15, 0.2) is 0 Å². The van der Waals surface area contributed by atoms with E-state index in [1.54, 1.807) is 24.3 Å². The number of ether oxygens (including phenoxy) is 1. The molecule has 204 valence electrons. The molecule has 1 aliphatic heterocycles. The molecule has 3 rings (SSSR count). The first-order chi connectivity index (χ1) is 18.3. The van der Waals surface area contributed by atoms with Crippen molar-refractivity contribution in [1.82, 2.24) is 9.80 Å². The number of likely N-dealkylation sites (tertiary alicyclic amines) is 1. The second-order valence-corrected chi connectivity index (χ2v) is 9.48. The van der Waals surface area contributed by atoms with Crippen molar-refractivity contribution < 1.29 is 24.4 Å². The highest BCUT2D eigenvalue weighted by atomic mass is 16.6. The van der Waals surface area contributed by atoms with Gasteiger partial charge in [-0.2, -0.15) is 0 Å². The summed E-state index contributed by atoms with van der Waals surface area (Å²) in [6, 6.07) is 11.6. The highest BCUT2D eigenvalue weighted by molar-refractivity contribution is 6.46. The molecule has 0 bridgehead atoms. The number of nitro benzene ring substituents is 1. The third-order valence-corrected chi connectivity index (χ3v) is 6.83. The van der Waals surface area contributed by atoms with Crippen molar-refractivity contribution in [2.24, 2.45) is 0 Å². The molecule has 1 atom stereocenters. The van der Waals surface area contributed by atoms with E-state index in [-0.39, 0.29) is 22.6 Å². The zero-order valence-electron chi connectivity index (χ0n) is 22.4. The maximum atomic E-state index is 13.3. The average molecular weight is 524 g/mol. The Hall–Kier alpha value is -3.72. The topological polar surface area (TPSA) is 113 Å². The number of aliphatic hydroxyl groups is 1. The quantitative estimate of drug-likeness (QED) is 0.117. The molecular weight excluding hydrogens is 486 g/mol. The van der Waals surface area contributed by atoms with E-state index in [0.717, 1.165) is 45.3 Å². The van der Waals surface area contributed by atoms with E-state index >= 15 is 0 Å². The van der Waals surface area contributed by atoms with Crippen LogP contribution in [0, 0.1) is 10.1 Å². The minimum Gasteiger partial charge on any atom is -0.507 e. The molecule has 0 aliphatic carbocycles. The van der Waals surface area contributed by atoms with E-state index in [9.17, 15) is 24.8 Å². The van der Waals surface area contributed by atoms with Gasteiger partial charge < -0.3 is 19.6 Å². The van der Waals surface area contributed by atoms with Gasteiger partial charge in [-0.1, -0.05) is 38.8 Å².